The molecule has 2 atom stereocenters. The van der Waals surface area contributed by atoms with E-state index < -0.39 is 9.84 Å². The number of carbonyl (C=O) groups excluding carboxylic acids is 1. The molecule has 0 aliphatic carbocycles. The molecule has 0 aromatic carbocycles. The smallest absolute Gasteiger partial charge is 0.180 e. The standard InChI is InChI=1S/C14H24N2O3S2/c1-6-8(2)7-9(3)16-14-13(21(5,18)19)11(15)12(20-14)10(4)17/h8-9,16H,6-7,15H2,1-5H3. The van der Waals surface area contributed by atoms with Crippen molar-refractivity contribution in [3.05, 3.63) is 4.88 Å². The Morgan fingerprint density at radius 2 is 1.95 bits per heavy atom. The van der Waals surface area contributed by atoms with Crippen LogP contribution in [0.25, 0.3) is 0 Å². The fourth-order valence-electron chi connectivity index (χ4n) is 2.21. The van der Waals surface area contributed by atoms with Crippen LogP contribution >= 0.6 is 11.3 Å². The summed E-state index contributed by atoms with van der Waals surface area (Å²) in [6.45, 7) is 7.66. The molecule has 0 aliphatic rings. The lowest BCUT2D eigenvalue weighted by Crippen LogP contribution is -2.19. The molecule has 0 saturated carbocycles. The minimum Gasteiger partial charge on any atom is -0.396 e. The zero-order valence-corrected chi connectivity index (χ0v) is 14.8. The Hall–Kier alpha value is -1.08. The molecule has 1 heterocycles. The number of ketones is 1. The molecule has 0 spiro atoms. The maximum atomic E-state index is 11.9. The van der Waals surface area contributed by atoms with E-state index in [2.05, 4.69) is 19.2 Å². The highest BCUT2D eigenvalue weighted by atomic mass is 32.2. The minimum atomic E-state index is -3.49. The van der Waals surface area contributed by atoms with E-state index in [1.807, 2.05) is 6.92 Å². The predicted octanol–water partition coefficient (Wildman–Crippen LogP) is 3.17. The first-order valence-corrected chi connectivity index (χ1v) is 9.68. The summed E-state index contributed by atoms with van der Waals surface area (Å²) in [7, 11) is -3.49. The van der Waals surface area contributed by atoms with Gasteiger partial charge in [0.2, 0.25) is 0 Å². The van der Waals surface area contributed by atoms with Crippen LogP contribution in [-0.2, 0) is 9.84 Å². The predicted molar refractivity (Wildman–Crippen MR) is 89.0 cm³/mol. The first-order chi connectivity index (χ1) is 9.57. The van der Waals surface area contributed by atoms with E-state index >= 15 is 0 Å². The molecule has 1 rings (SSSR count). The number of hydrogen-bond donors (Lipinski definition) is 2. The zero-order chi connectivity index (χ0) is 16.4. The van der Waals surface area contributed by atoms with Gasteiger partial charge in [0.1, 0.15) is 9.90 Å². The number of sulfone groups is 1. The fourth-order valence-corrected chi connectivity index (χ4v) is 4.77. The van der Waals surface area contributed by atoms with Crippen molar-refractivity contribution in [3.63, 3.8) is 0 Å². The molecule has 21 heavy (non-hydrogen) atoms. The van der Waals surface area contributed by atoms with E-state index in [0.29, 0.717) is 15.8 Å². The number of anilines is 2. The van der Waals surface area contributed by atoms with Crippen LogP contribution in [0.15, 0.2) is 4.90 Å². The Morgan fingerprint density at radius 3 is 2.38 bits per heavy atom. The molecule has 3 N–H and O–H groups in total. The van der Waals surface area contributed by atoms with Gasteiger partial charge in [0.15, 0.2) is 15.6 Å². The molecule has 1 aromatic heterocycles. The van der Waals surface area contributed by atoms with E-state index in [4.69, 9.17) is 5.73 Å². The molecule has 0 aliphatic heterocycles. The summed E-state index contributed by atoms with van der Waals surface area (Å²) in [5.74, 6) is 0.323. The summed E-state index contributed by atoms with van der Waals surface area (Å²) in [5, 5.41) is 3.67. The summed E-state index contributed by atoms with van der Waals surface area (Å²) in [6.07, 6.45) is 3.10. The van der Waals surface area contributed by atoms with Crippen LogP contribution in [0, 0.1) is 5.92 Å². The van der Waals surface area contributed by atoms with Crippen molar-refractivity contribution >= 4 is 37.6 Å². The second-order valence-corrected chi connectivity index (χ2v) is 8.60. The van der Waals surface area contributed by atoms with Crippen molar-refractivity contribution in [1.29, 1.82) is 0 Å². The molecule has 7 heteroatoms. The van der Waals surface area contributed by atoms with Crippen LogP contribution in [0.5, 0.6) is 0 Å². The van der Waals surface area contributed by atoms with Crippen LogP contribution in [0.2, 0.25) is 0 Å². The van der Waals surface area contributed by atoms with Crippen LogP contribution in [0.1, 0.15) is 50.2 Å². The van der Waals surface area contributed by atoms with E-state index in [-0.39, 0.29) is 22.4 Å². The lowest BCUT2D eigenvalue weighted by molar-refractivity contribution is 0.102. The molecule has 0 fully saturated rings. The molecule has 2 unspecified atom stereocenters. The quantitative estimate of drug-likeness (QED) is 0.749. The fraction of sp³-hybridized carbons (Fsp3) is 0.643. The van der Waals surface area contributed by atoms with Crippen LogP contribution in [-0.4, -0.2) is 26.5 Å². The Bertz CT molecular complexity index is 620. The van der Waals surface area contributed by atoms with Crippen LogP contribution in [0.3, 0.4) is 0 Å². The van der Waals surface area contributed by atoms with Gasteiger partial charge in [-0.1, -0.05) is 20.3 Å². The van der Waals surface area contributed by atoms with Gasteiger partial charge in [0, 0.05) is 19.2 Å². The lowest BCUT2D eigenvalue weighted by atomic mass is 10.0. The highest BCUT2D eigenvalue weighted by Gasteiger charge is 2.26. The van der Waals surface area contributed by atoms with Gasteiger partial charge in [0.05, 0.1) is 10.6 Å². The van der Waals surface area contributed by atoms with E-state index in [0.717, 1.165) is 30.4 Å². The lowest BCUT2D eigenvalue weighted by Gasteiger charge is -2.18. The largest absolute Gasteiger partial charge is 0.396 e. The molecular weight excluding hydrogens is 308 g/mol. The Labute approximate surface area is 130 Å². The normalized spacial score (nSPS) is 14.7. The van der Waals surface area contributed by atoms with Crippen LogP contribution in [0.4, 0.5) is 10.7 Å². The molecule has 0 bridgehead atoms. The summed E-state index contributed by atoms with van der Waals surface area (Å²) < 4.78 is 23.9. The molecule has 120 valence electrons. The van der Waals surface area contributed by atoms with Gasteiger partial charge in [0.25, 0.3) is 0 Å². The second kappa shape index (κ2) is 6.79. The van der Waals surface area contributed by atoms with Gasteiger partial charge >= 0.3 is 0 Å². The molecule has 0 amide bonds. The molecular formula is C14H24N2O3S2. The number of thiophene rings is 1. The Morgan fingerprint density at radius 1 is 1.38 bits per heavy atom. The van der Waals surface area contributed by atoms with Gasteiger partial charge in [-0.05, 0) is 19.3 Å². The monoisotopic (exact) mass is 332 g/mol. The third kappa shape index (κ3) is 4.44. The average Bonchev–Trinajstić information content (AvgIpc) is 2.65. The minimum absolute atomic E-state index is 0.0497. The highest BCUT2D eigenvalue weighted by molar-refractivity contribution is 7.91. The SMILES string of the molecule is CCC(C)CC(C)Nc1sc(C(C)=O)c(N)c1S(C)(=O)=O. The van der Waals surface area contributed by atoms with Gasteiger partial charge < -0.3 is 11.1 Å². The average molecular weight is 332 g/mol. The van der Waals surface area contributed by atoms with E-state index in [1.54, 1.807) is 0 Å². The first kappa shape index (κ1) is 18.0. The van der Waals surface area contributed by atoms with Crippen molar-refractivity contribution < 1.29 is 13.2 Å². The Balaban J connectivity index is 3.17. The van der Waals surface area contributed by atoms with Crippen molar-refractivity contribution in [3.8, 4) is 0 Å². The summed E-state index contributed by atoms with van der Waals surface area (Å²) in [5.41, 5.74) is 5.93. The third-order valence-corrected chi connectivity index (χ3v) is 5.95. The number of carbonyl (C=O) groups is 1. The number of nitrogens with one attached hydrogen (secondary N) is 1. The van der Waals surface area contributed by atoms with Crippen molar-refractivity contribution in [2.45, 2.75) is 51.5 Å². The molecule has 1 aromatic rings. The summed E-state index contributed by atoms with van der Waals surface area (Å²) in [4.78, 5) is 11.9. The van der Waals surface area contributed by atoms with Crippen molar-refractivity contribution in [1.82, 2.24) is 0 Å². The number of nitrogen functional groups attached to an aromatic ring is 1. The molecule has 0 saturated heterocycles. The zero-order valence-electron chi connectivity index (χ0n) is 13.2. The topological polar surface area (TPSA) is 89.3 Å². The van der Waals surface area contributed by atoms with Crippen LogP contribution < -0.4 is 11.1 Å². The summed E-state index contributed by atoms with van der Waals surface area (Å²) >= 11 is 1.12. The maximum absolute atomic E-state index is 11.9. The maximum Gasteiger partial charge on any atom is 0.180 e. The van der Waals surface area contributed by atoms with Gasteiger partial charge in [-0.2, -0.15) is 0 Å². The summed E-state index contributed by atoms with van der Waals surface area (Å²) in [6, 6.07) is 0.110. The molecule has 5 nitrogen and oxygen atoms in total. The number of Topliss-reactive ketones (excluding diaryl/α,β-unsaturated/α-hetero) is 1. The number of hydrogen-bond acceptors (Lipinski definition) is 6. The first-order valence-electron chi connectivity index (χ1n) is 6.97. The van der Waals surface area contributed by atoms with Gasteiger partial charge in [-0.3, -0.25) is 4.79 Å². The van der Waals surface area contributed by atoms with Gasteiger partial charge in [-0.25, -0.2) is 8.42 Å². The van der Waals surface area contributed by atoms with E-state index in [1.165, 1.54) is 6.92 Å². The highest BCUT2D eigenvalue weighted by Crippen LogP contribution is 2.40. The number of nitrogens with two attached hydrogens (primary N) is 1. The third-order valence-electron chi connectivity index (χ3n) is 3.42. The Kier molecular flexibility index (Phi) is 5.81. The van der Waals surface area contributed by atoms with Crippen molar-refractivity contribution in [2.75, 3.05) is 17.3 Å². The van der Waals surface area contributed by atoms with Gasteiger partial charge in [-0.15, -0.1) is 11.3 Å². The molecule has 0 radical (unpaired) electrons. The van der Waals surface area contributed by atoms with Crippen molar-refractivity contribution in [2.24, 2.45) is 5.92 Å². The van der Waals surface area contributed by atoms with E-state index in [9.17, 15) is 13.2 Å². The number of rotatable bonds is 7. The second-order valence-electron chi connectivity index (χ2n) is 5.63.